The third-order valence-corrected chi connectivity index (χ3v) is 3.85. The number of rotatable bonds is 5. The SMILES string of the molecule is COc1cc([C@@H](CCC(F)(F)F)N2CCNCC2)ccc1F.Cl. The van der Waals surface area contributed by atoms with E-state index in [4.69, 9.17) is 4.74 Å². The van der Waals surface area contributed by atoms with Gasteiger partial charge in [-0.3, -0.25) is 4.90 Å². The number of nitrogens with zero attached hydrogens (tertiary/aromatic N) is 1. The van der Waals surface area contributed by atoms with Crippen molar-refractivity contribution >= 4 is 12.4 Å². The number of benzene rings is 1. The molecule has 0 saturated carbocycles. The maximum Gasteiger partial charge on any atom is 0.389 e. The Morgan fingerprint density at radius 2 is 1.91 bits per heavy atom. The molecule has 23 heavy (non-hydrogen) atoms. The summed E-state index contributed by atoms with van der Waals surface area (Å²) in [6, 6.07) is 3.90. The summed E-state index contributed by atoms with van der Waals surface area (Å²) >= 11 is 0. The standard InChI is InChI=1S/C15H20F4N2O.ClH/c1-22-14-10-11(2-3-12(14)16)13(4-5-15(17,18)19)21-8-6-20-7-9-21;/h2-3,10,13,20H,4-9H2,1H3;1H/t13-;/m1./s1. The second-order valence-electron chi connectivity index (χ2n) is 5.35. The molecule has 1 aromatic rings. The highest BCUT2D eigenvalue weighted by atomic mass is 35.5. The van der Waals surface area contributed by atoms with Gasteiger partial charge >= 0.3 is 6.18 Å². The van der Waals surface area contributed by atoms with Crippen molar-refractivity contribution in [3.8, 4) is 5.75 Å². The van der Waals surface area contributed by atoms with Gasteiger partial charge < -0.3 is 10.1 Å². The van der Waals surface area contributed by atoms with Crippen LogP contribution < -0.4 is 10.1 Å². The first kappa shape index (κ1) is 20.0. The molecular formula is C15H21ClF4N2O. The first-order valence-corrected chi connectivity index (χ1v) is 7.25. The summed E-state index contributed by atoms with van der Waals surface area (Å²) in [7, 11) is 1.34. The number of hydrogen-bond donors (Lipinski definition) is 1. The second kappa shape index (κ2) is 8.70. The van der Waals surface area contributed by atoms with Crippen LogP contribution in [0.5, 0.6) is 5.75 Å². The predicted octanol–water partition coefficient (Wildman–Crippen LogP) is 3.54. The molecule has 0 aliphatic carbocycles. The van der Waals surface area contributed by atoms with Gasteiger partial charge in [-0.2, -0.15) is 13.2 Å². The Balaban J connectivity index is 0.00000264. The first-order chi connectivity index (χ1) is 10.4. The average Bonchev–Trinajstić information content (AvgIpc) is 2.49. The largest absolute Gasteiger partial charge is 0.494 e. The molecule has 1 aliphatic rings. The molecule has 0 unspecified atom stereocenters. The molecule has 1 fully saturated rings. The zero-order valence-electron chi connectivity index (χ0n) is 12.8. The molecular weight excluding hydrogens is 336 g/mol. The van der Waals surface area contributed by atoms with E-state index < -0.39 is 24.5 Å². The molecule has 0 spiro atoms. The summed E-state index contributed by atoms with van der Waals surface area (Å²) < 4.78 is 56.2. The number of halogens is 5. The number of piperazine rings is 1. The lowest BCUT2D eigenvalue weighted by Gasteiger charge is -2.35. The molecule has 1 aliphatic heterocycles. The van der Waals surface area contributed by atoms with Gasteiger partial charge in [-0.1, -0.05) is 6.07 Å². The van der Waals surface area contributed by atoms with E-state index in [1.165, 1.54) is 19.2 Å². The van der Waals surface area contributed by atoms with Gasteiger partial charge in [0.25, 0.3) is 0 Å². The van der Waals surface area contributed by atoms with Crippen LogP contribution in [0.3, 0.4) is 0 Å². The van der Waals surface area contributed by atoms with Gasteiger partial charge in [0.05, 0.1) is 7.11 Å². The number of alkyl halides is 3. The topological polar surface area (TPSA) is 24.5 Å². The van der Waals surface area contributed by atoms with Crippen LogP contribution in [0.2, 0.25) is 0 Å². The van der Waals surface area contributed by atoms with Crippen LogP contribution in [0.1, 0.15) is 24.4 Å². The fraction of sp³-hybridized carbons (Fsp3) is 0.600. The average molecular weight is 357 g/mol. The van der Waals surface area contributed by atoms with Crippen molar-refractivity contribution in [2.24, 2.45) is 0 Å². The van der Waals surface area contributed by atoms with Gasteiger partial charge in [0.1, 0.15) is 0 Å². The lowest BCUT2D eigenvalue weighted by molar-refractivity contribution is -0.138. The van der Waals surface area contributed by atoms with Crippen molar-refractivity contribution in [1.29, 1.82) is 0 Å². The van der Waals surface area contributed by atoms with E-state index in [0.717, 1.165) is 13.1 Å². The molecule has 1 N–H and O–H groups in total. The Labute approximate surface area is 139 Å². The van der Waals surface area contributed by atoms with E-state index in [1.807, 2.05) is 4.90 Å². The minimum atomic E-state index is -4.20. The van der Waals surface area contributed by atoms with Crippen molar-refractivity contribution < 1.29 is 22.3 Å². The van der Waals surface area contributed by atoms with Crippen LogP contribution in [-0.2, 0) is 0 Å². The molecule has 1 heterocycles. The Hall–Kier alpha value is -1.05. The van der Waals surface area contributed by atoms with Crippen LogP contribution in [0, 0.1) is 5.82 Å². The summed E-state index contributed by atoms with van der Waals surface area (Å²) in [6.45, 7) is 2.81. The summed E-state index contributed by atoms with van der Waals surface area (Å²) in [5.74, 6) is -0.453. The maximum absolute atomic E-state index is 13.5. The lowest BCUT2D eigenvalue weighted by Crippen LogP contribution is -2.45. The van der Waals surface area contributed by atoms with E-state index in [-0.39, 0.29) is 24.6 Å². The number of nitrogens with one attached hydrogen (secondary N) is 1. The summed E-state index contributed by atoms with van der Waals surface area (Å²) in [5.41, 5.74) is 0.657. The van der Waals surface area contributed by atoms with E-state index >= 15 is 0 Å². The lowest BCUT2D eigenvalue weighted by atomic mass is 9.99. The highest BCUT2D eigenvalue weighted by molar-refractivity contribution is 5.85. The molecule has 3 nitrogen and oxygen atoms in total. The second-order valence-corrected chi connectivity index (χ2v) is 5.35. The molecule has 1 atom stereocenters. The van der Waals surface area contributed by atoms with Gasteiger partial charge in [-0.15, -0.1) is 12.4 Å². The Kier molecular flexibility index (Phi) is 7.57. The monoisotopic (exact) mass is 356 g/mol. The molecule has 132 valence electrons. The Morgan fingerprint density at radius 3 is 2.48 bits per heavy atom. The quantitative estimate of drug-likeness (QED) is 0.817. The van der Waals surface area contributed by atoms with E-state index in [1.54, 1.807) is 6.07 Å². The van der Waals surface area contributed by atoms with Gasteiger partial charge in [0, 0.05) is 38.6 Å². The fourth-order valence-corrected chi connectivity index (χ4v) is 2.74. The van der Waals surface area contributed by atoms with E-state index in [9.17, 15) is 17.6 Å². The van der Waals surface area contributed by atoms with E-state index in [0.29, 0.717) is 18.7 Å². The molecule has 0 aromatic heterocycles. The summed E-state index contributed by atoms with van der Waals surface area (Å²) in [4.78, 5) is 2.01. The molecule has 0 bridgehead atoms. The van der Waals surface area contributed by atoms with Crippen molar-refractivity contribution in [2.75, 3.05) is 33.3 Å². The van der Waals surface area contributed by atoms with Crippen LogP contribution in [0.4, 0.5) is 17.6 Å². The zero-order chi connectivity index (χ0) is 16.2. The van der Waals surface area contributed by atoms with Crippen LogP contribution in [0.25, 0.3) is 0 Å². The van der Waals surface area contributed by atoms with Gasteiger partial charge in [0.15, 0.2) is 11.6 Å². The third kappa shape index (κ3) is 5.82. The highest BCUT2D eigenvalue weighted by Gasteiger charge is 2.31. The minimum absolute atomic E-state index is 0. The normalized spacial score (nSPS) is 17.4. The van der Waals surface area contributed by atoms with E-state index in [2.05, 4.69) is 5.32 Å². The zero-order valence-corrected chi connectivity index (χ0v) is 13.6. The van der Waals surface area contributed by atoms with Crippen LogP contribution in [-0.4, -0.2) is 44.4 Å². The number of methoxy groups -OCH3 is 1. The Morgan fingerprint density at radius 1 is 1.26 bits per heavy atom. The fourth-order valence-electron chi connectivity index (χ4n) is 2.74. The molecule has 8 heteroatoms. The van der Waals surface area contributed by atoms with Gasteiger partial charge in [-0.05, 0) is 24.1 Å². The molecule has 0 amide bonds. The van der Waals surface area contributed by atoms with Crippen molar-refractivity contribution in [3.05, 3.63) is 29.6 Å². The highest BCUT2D eigenvalue weighted by Crippen LogP contribution is 2.33. The first-order valence-electron chi connectivity index (χ1n) is 7.25. The molecule has 1 saturated heterocycles. The summed E-state index contributed by atoms with van der Waals surface area (Å²) in [6.07, 6.45) is -5.10. The predicted molar refractivity (Wildman–Crippen MR) is 82.7 cm³/mol. The smallest absolute Gasteiger partial charge is 0.389 e. The molecule has 1 aromatic carbocycles. The minimum Gasteiger partial charge on any atom is -0.494 e. The number of ether oxygens (including phenoxy) is 1. The maximum atomic E-state index is 13.5. The Bertz CT molecular complexity index is 493. The van der Waals surface area contributed by atoms with Crippen LogP contribution in [0.15, 0.2) is 18.2 Å². The van der Waals surface area contributed by atoms with Crippen LogP contribution >= 0.6 is 12.4 Å². The molecule has 2 rings (SSSR count). The van der Waals surface area contributed by atoms with Crippen molar-refractivity contribution in [1.82, 2.24) is 10.2 Å². The number of hydrogen-bond acceptors (Lipinski definition) is 3. The third-order valence-electron chi connectivity index (χ3n) is 3.85. The molecule has 0 radical (unpaired) electrons. The van der Waals surface area contributed by atoms with Crippen molar-refractivity contribution in [2.45, 2.75) is 25.1 Å². The van der Waals surface area contributed by atoms with Crippen molar-refractivity contribution in [3.63, 3.8) is 0 Å². The van der Waals surface area contributed by atoms with Gasteiger partial charge in [-0.25, -0.2) is 4.39 Å². The van der Waals surface area contributed by atoms with Gasteiger partial charge in [0.2, 0.25) is 0 Å². The summed E-state index contributed by atoms with van der Waals surface area (Å²) in [5, 5.41) is 3.18.